The fourth-order valence-corrected chi connectivity index (χ4v) is 3.53. The van der Waals surface area contributed by atoms with Crippen LogP contribution in [-0.4, -0.2) is 11.3 Å². The first kappa shape index (κ1) is 14.9. The standard InChI is InChI=1S/C18H19FN2O/c1-11-4-5-21-17-7-13(6-14(10-22)18(11)17)16-8-15(19)3-2-12(16)9-20/h2-5,8,10,13-14H,6-7,9,20H2,1H3. The Hall–Kier alpha value is -2.07. The van der Waals surface area contributed by atoms with Gasteiger partial charge in [-0.15, -0.1) is 0 Å². The predicted octanol–water partition coefficient (Wildman–Crippen LogP) is 3.00. The summed E-state index contributed by atoms with van der Waals surface area (Å²) in [5.41, 5.74) is 10.7. The highest BCUT2D eigenvalue weighted by molar-refractivity contribution is 5.65. The molecule has 3 nitrogen and oxygen atoms in total. The molecule has 2 atom stereocenters. The van der Waals surface area contributed by atoms with E-state index in [1.165, 1.54) is 6.07 Å². The first-order chi connectivity index (χ1) is 10.6. The van der Waals surface area contributed by atoms with Crippen molar-refractivity contribution in [3.63, 3.8) is 0 Å². The zero-order chi connectivity index (χ0) is 15.7. The summed E-state index contributed by atoms with van der Waals surface area (Å²) in [5.74, 6) is -0.375. The number of nitrogens with zero attached hydrogens (tertiary/aromatic N) is 1. The lowest BCUT2D eigenvalue weighted by Gasteiger charge is -2.30. The average molecular weight is 298 g/mol. The van der Waals surface area contributed by atoms with Gasteiger partial charge in [-0.25, -0.2) is 4.39 Å². The quantitative estimate of drug-likeness (QED) is 0.886. The van der Waals surface area contributed by atoms with E-state index >= 15 is 0 Å². The molecular weight excluding hydrogens is 279 g/mol. The van der Waals surface area contributed by atoms with Crippen LogP contribution in [0.3, 0.4) is 0 Å². The van der Waals surface area contributed by atoms with E-state index < -0.39 is 0 Å². The molecule has 4 heteroatoms. The second-order valence-electron chi connectivity index (χ2n) is 5.91. The van der Waals surface area contributed by atoms with Crippen LogP contribution in [0.15, 0.2) is 30.5 Å². The van der Waals surface area contributed by atoms with Crippen LogP contribution >= 0.6 is 0 Å². The largest absolute Gasteiger partial charge is 0.326 e. The molecule has 114 valence electrons. The van der Waals surface area contributed by atoms with Crippen molar-refractivity contribution in [2.45, 2.75) is 38.1 Å². The monoisotopic (exact) mass is 298 g/mol. The number of aromatic nitrogens is 1. The summed E-state index contributed by atoms with van der Waals surface area (Å²) < 4.78 is 13.7. The second kappa shape index (κ2) is 5.97. The van der Waals surface area contributed by atoms with Crippen LogP contribution in [0.5, 0.6) is 0 Å². The third-order valence-electron chi connectivity index (χ3n) is 4.57. The maximum Gasteiger partial charge on any atom is 0.127 e. The summed E-state index contributed by atoms with van der Waals surface area (Å²) >= 11 is 0. The third-order valence-corrected chi connectivity index (χ3v) is 4.57. The maximum atomic E-state index is 13.7. The van der Waals surface area contributed by atoms with Crippen molar-refractivity contribution >= 4 is 6.29 Å². The van der Waals surface area contributed by atoms with E-state index in [-0.39, 0.29) is 17.7 Å². The number of carbonyl (C=O) groups is 1. The minimum absolute atomic E-state index is 0.0752. The van der Waals surface area contributed by atoms with Gasteiger partial charge < -0.3 is 10.5 Å². The highest BCUT2D eigenvalue weighted by Crippen LogP contribution is 2.40. The number of carbonyl (C=O) groups excluding carboxylic acids is 1. The summed E-state index contributed by atoms with van der Waals surface area (Å²) in [6.45, 7) is 2.37. The van der Waals surface area contributed by atoms with Crippen LogP contribution in [0.1, 0.15) is 46.2 Å². The summed E-state index contributed by atoms with van der Waals surface area (Å²) in [6.07, 6.45) is 4.16. The molecule has 0 saturated carbocycles. The van der Waals surface area contributed by atoms with Crippen molar-refractivity contribution in [2.75, 3.05) is 0 Å². The normalized spacial score (nSPS) is 20.5. The molecule has 0 aliphatic heterocycles. The summed E-state index contributed by atoms with van der Waals surface area (Å²) in [5, 5.41) is 0. The van der Waals surface area contributed by atoms with Crippen molar-refractivity contribution in [3.8, 4) is 0 Å². The number of nitrogens with two attached hydrogens (primary N) is 1. The number of hydrogen-bond acceptors (Lipinski definition) is 3. The van der Waals surface area contributed by atoms with Crippen molar-refractivity contribution in [1.82, 2.24) is 4.98 Å². The van der Waals surface area contributed by atoms with E-state index in [9.17, 15) is 9.18 Å². The van der Waals surface area contributed by atoms with Gasteiger partial charge in [0.25, 0.3) is 0 Å². The topological polar surface area (TPSA) is 56.0 Å². The molecule has 1 aliphatic carbocycles. The zero-order valence-corrected chi connectivity index (χ0v) is 12.6. The molecule has 2 N–H and O–H groups in total. The van der Waals surface area contributed by atoms with E-state index in [4.69, 9.17) is 5.73 Å². The third kappa shape index (κ3) is 2.55. The van der Waals surface area contributed by atoms with Gasteiger partial charge in [-0.2, -0.15) is 0 Å². The summed E-state index contributed by atoms with van der Waals surface area (Å²) in [4.78, 5) is 16.0. The molecule has 0 saturated heterocycles. The van der Waals surface area contributed by atoms with E-state index in [0.29, 0.717) is 13.0 Å². The van der Waals surface area contributed by atoms with Gasteiger partial charge >= 0.3 is 0 Å². The number of benzene rings is 1. The molecule has 1 aliphatic rings. The predicted molar refractivity (Wildman–Crippen MR) is 83.1 cm³/mol. The van der Waals surface area contributed by atoms with E-state index in [0.717, 1.165) is 40.7 Å². The number of fused-ring (bicyclic) bond motifs is 1. The lowest BCUT2D eigenvalue weighted by atomic mass is 9.74. The Morgan fingerprint density at radius 2 is 2.23 bits per heavy atom. The van der Waals surface area contributed by atoms with Gasteiger partial charge in [0.1, 0.15) is 12.1 Å². The molecule has 3 rings (SSSR count). The Labute approximate surface area is 129 Å². The fourth-order valence-electron chi connectivity index (χ4n) is 3.53. The maximum absolute atomic E-state index is 13.7. The number of rotatable bonds is 3. The zero-order valence-electron chi connectivity index (χ0n) is 12.6. The number of pyridine rings is 1. The van der Waals surface area contributed by atoms with Crippen molar-refractivity contribution in [3.05, 3.63) is 64.2 Å². The van der Waals surface area contributed by atoms with Crippen LogP contribution in [0.2, 0.25) is 0 Å². The van der Waals surface area contributed by atoms with Crippen molar-refractivity contribution in [2.24, 2.45) is 5.73 Å². The molecular formula is C18H19FN2O. The van der Waals surface area contributed by atoms with Gasteiger partial charge in [-0.3, -0.25) is 4.98 Å². The van der Waals surface area contributed by atoms with E-state index in [1.807, 2.05) is 13.0 Å². The molecule has 22 heavy (non-hydrogen) atoms. The minimum Gasteiger partial charge on any atom is -0.326 e. The van der Waals surface area contributed by atoms with Crippen molar-refractivity contribution < 1.29 is 9.18 Å². The highest BCUT2D eigenvalue weighted by Gasteiger charge is 2.30. The molecule has 0 spiro atoms. The molecule has 1 aromatic heterocycles. The molecule has 1 heterocycles. The summed E-state index contributed by atoms with van der Waals surface area (Å²) in [7, 11) is 0. The first-order valence-electron chi connectivity index (χ1n) is 7.52. The van der Waals surface area contributed by atoms with Crippen LogP contribution in [0.25, 0.3) is 0 Å². The Morgan fingerprint density at radius 3 is 2.95 bits per heavy atom. The average Bonchev–Trinajstić information content (AvgIpc) is 2.54. The minimum atomic E-state index is -0.266. The Morgan fingerprint density at radius 1 is 1.41 bits per heavy atom. The Bertz CT molecular complexity index is 714. The molecule has 0 radical (unpaired) electrons. The Balaban J connectivity index is 2.05. The smallest absolute Gasteiger partial charge is 0.127 e. The molecule has 0 fully saturated rings. The first-order valence-corrected chi connectivity index (χ1v) is 7.52. The molecule has 0 amide bonds. The number of hydrogen-bond donors (Lipinski definition) is 1. The van der Waals surface area contributed by atoms with E-state index in [2.05, 4.69) is 4.98 Å². The molecule has 1 aromatic carbocycles. The van der Waals surface area contributed by atoms with Crippen LogP contribution in [-0.2, 0) is 17.8 Å². The highest BCUT2D eigenvalue weighted by atomic mass is 19.1. The summed E-state index contributed by atoms with van der Waals surface area (Å²) in [6, 6.07) is 6.65. The second-order valence-corrected chi connectivity index (χ2v) is 5.91. The van der Waals surface area contributed by atoms with Gasteiger partial charge in [-0.05, 0) is 66.1 Å². The Kier molecular flexibility index (Phi) is 4.03. The van der Waals surface area contributed by atoms with Gasteiger partial charge in [-0.1, -0.05) is 6.07 Å². The van der Waals surface area contributed by atoms with Crippen LogP contribution in [0.4, 0.5) is 4.39 Å². The van der Waals surface area contributed by atoms with Crippen LogP contribution < -0.4 is 5.73 Å². The lowest BCUT2D eigenvalue weighted by Crippen LogP contribution is -2.22. The fraction of sp³-hybridized carbons (Fsp3) is 0.333. The molecule has 0 bridgehead atoms. The van der Waals surface area contributed by atoms with Gasteiger partial charge in [0.15, 0.2) is 0 Å². The SMILES string of the molecule is Cc1ccnc2c1C(C=O)CC(c1cc(F)ccc1CN)C2. The number of aldehydes is 1. The number of halogens is 1. The van der Waals surface area contributed by atoms with Crippen LogP contribution in [0, 0.1) is 12.7 Å². The van der Waals surface area contributed by atoms with Crippen molar-refractivity contribution in [1.29, 1.82) is 0 Å². The molecule has 2 unspecified atom stereocenters. The van der Waals surface area contributed by atoms with Gasteiger partial charge in [0.2, 0.25) is 0 Å². The van der Waals surface area contributed by atoms with E-state index in [1.54, 1.807) is 18.3 Å². The number of aryl methyl sites for hydroxylation is 1. The van der Waals surface area contributed by atoms with Gasteiger partial charge in [0.05, 0.1) is 0 Å². The molecule has 2 aromatic rings. The lowest BCUT2D eigenvalue weighted by molar-refractivity contribution is -0.109. The van der Waals surface area contributed by atoms with Gasteiger partial charge in [0, 0.05) is 24.4 Å².